The molecule has 11 heteroatoms. The number of alkyl halides is 3. The standard InChI is InChI=1S/C25H31F3N6O2/c26-25(27,28)17-36-32-23(21-3-1-2-9-30-21)19-7-13-34(14-8-19)24(35)20-5-11-33(12-6-20)16-18-4-10-31-22(29)15-18/h1-4,9-10,15,19-20H,5-8,11-14,16-17H2,(H2,29,31). The molecular formula is C25H31F3N6O2. The van der Waals surface area contributed by atoms with E-state index in [1.54, 1.807) is 30.6 Å². The van der Waals surface area contributed by atoms with Gasteiger partial charge in [0.15, 0.2) is 0 Å². The maximum absolute atomic E-state index is 13.2. The Labute approximate surface area is 208 Å². The Kier molecular flexibility index (Phi) is 8.40. The summed E-state index contributed by atoms with van der Waals surface area (Å²) in [5.41, 5.74) is 7.77. The lowest BCUT2D eigenvalue weighted by molar-refractivity contribution is -0.173. The van der Waals surface area contributed by atoms with Crippen LogP contribution < -0.4 is 5.73 Å². The highest BCUT2D eigenvalue weighted by atomic mass is 19.4. The minimum absolute atomic E-state index is 0.0145. The number of pyridine rings is 2. The lowest BCUT2D eigenvalue weighted by atomic mass is 9.88. The van der Waals surface area contributed by atoms with Gasteiger partial charge in [-0.05, 0) is 68.6 Å². The maximum Gasteiger partial charge on any atom is 0.425 e. The maximum atomic E-state index is 13.2. The number of halogens is 3. The van der Waals surface area contributed by atoms with Crippen molar-refractivity contribution in [2.45, 2.75) is 38.4 Å². The van der Waals surface area contributed by atoms with Crippen LogP contribution in [-0.2, 0) is 16.2 Å². The zero-order valence-electron chi connectivity index (χ0n) is 20.0. The van der Waals surface area contributed by atoms with Crippen molar-refractivity contribution in [3.8, 4) is 0 Å². The summed E-state index contributed by atoms with van der Waals surface area (Å²) in [6.45, 7) is 2.07. The van der Waals surface area contributed by atoms with Crippen LogP contribution in [-0.4, -0.2) is 70.3 Å². The number of hydrogen-bond donors (Lipinski definition) is 1. The Morgan fingerprint density at radius 3 is 2.39 bits per heavy atom. The number of carbonyl (C=O) groups is 1. The van der Waals surface area contributed by atoms with Crippen LogP contribution in [0.25, 0.3) is 0 Å². The van der Waals surface area contributed by atoms with Gasteiger partial charge in [0.2, 0.25) is 12.5 Å². The third-order valence-electron chi connectivity index (χ3n) is 6.70. The van der Waals surface area contributed by atoms with Crippen LogP contribution in [0.5, 0.6) is 0 Å². The van der Waals surface area contributed by atoms with E-state index in [9.17, 15) is 18.0 Å². The van der Waals surface area contributed by atoms with Gasteiger partial charge >= 0.3 is 6.18 Å². The van der Waals surface area contributed by atoms with Gasteiger partial charge in [-0.15, -0.1) is 0 Å². The fourth-order valence-corrected chi connectivity index (χ4v) is 4.84. The van der Waals surface area contributed by atoms with Crippen molar-refractivity contribution in [2.24, 2.45) is 17.0 Å². The molecule has 0 unspecified atom stereocenters. The summed E-state index contributed by atoms with van der Waals surface area (Å²) in [6, 6.07) is 9.03. The van der Waals surface area contributed by atoms with Gasteiger partial charge in [-0.1, -0.05) is 11.2 Å². The van der Waals surface area contributed by atoms with Crippen LogP contribution in [0.4, 0.5) is 19.0 Å². The van der Waals surface area contributed by atoms with Gasteiger partial charge < -0.3 is 15.5 Å². The molecule has 2 aliphatic heterocycles. The number of nitrogen functional groups attached to an aromatic ring is 1. The van der Waals surface area contributed by atoms with Crippen LogP contribution in [0.2, 0.25) is 0 Å². The van der Waals surface area contributed by atoms with Crippen molar-refractivity contribution in [1.82, 2.24) is 19.8 Å². The zero-order valence-corrected chi connectivity index (χ0v) is 20.0. The molecule has 4 heterocycles. The number of aromatic nitrogens is 2. The van der Waals surface area contributed by atoms with Gasteiger partial charge in [-0.2, -0.15) is 13.2 Å². The molecule has 194 valence electrons. The number of oxime groups is 1. The van der Waals surface area contributed by atoms with Crippen LogP contribution in [0.1, 0.15) is 36.9 Å². The number of piperidine rings is 2. The van der Waals surface area contributed by atoms with Gasteiger partial charge in [0.05, 0.1) is 5.69 Å². The summed E-state index contributed by atoms with van der Waals surface area (Å²) in [4.78, 5) is 30.3. The minimum Gasteiger partial charge on any atom is -0.386 e. The van der Waals surface area contributed by atoms with E-state index >= 15 is 0 Å². The molecule has 2 aromatic rings. The highest BCUT2D eigenvalue weighted by molar-refractivity contribution is 6.00. The second kappa shape index (κ2) is 11.7. The Bertz CT molecular complexity index is 1030. The molecule has 2 N–H and O–H groups in total. The third kappa shape index (κ3) is 7.16. The second-order valence-electron chi connectivity index (χ2n) is 9.32. The monoisotopic (exact) mass is 504 g/mol. The van der Waals surface area contributed by atoms with Gasteiger partial charge in [0.25, 0.3) is 0 Å². The van der Waals surface area contributed by atoms with Crippen molar-refractivity contribution in [2.75, 3.05) is 38.5 Å². The van der Waals surface area contributed by atoms with Crippen LogP contribution in [0.15, 0.2) is 47.9 Å². The average molecular weight is 505 g/mol. The number of nitrogens with two attached hydrogens (primary N) is 1. The molecule has 8 nitrogen and oxygen atoms in total. The highest BCUT2D eigenvalue weighted by Gasteiger charge is 2.33. The molecule has 0 bridgehead atoms. The first-order valence-corrected chi connectivity index (χ1v) is 12.2. The summed E-state index contributed by atoms with van der Waals surface area (Å²) in [5.74, 6) is 0.515. The first-order valence-electron chi connectivity index (χ1n) is 12.2. The zero-order chi connectivity index (χ0) is 25.5. The molecule has 0 aliphatic carbocycles. The molecule has 0 atom stereocenters. The summed E-state index contributed by atoms with van der Waals surface area (Å²) in [7, 11) is 0. The van der Waals surface area contributed by atoms with E-state index in [4.69, 9.17) is 5.73 Å². The van der Waals surface area contributed by atoms with Crippen LogP contribution >= 0.6 is 0 Å². The van der Waals surface area contributed by atoms with Crippen molar-refractivity contribution in [3.63, 3.8) is 0 Å². The lowest BCUT2D eigenvalue weighted by Crippen LogP contribution is -2.46. The van der Waals surface area contributed by atoms with E-state index in [1.807, 2.05) is 17.0 Å². The quantitative estimate of drug-likeness (QED) is 0.458. The number of carbonyl (C=O) groups excluding carboxylic acids is 1. The van der Waals surface area contributed by atoms with Gasteiger partial charge in [0.1, 0.15) is 11.5 Å². The Morgan fingerprint density at radius 1 is 1.03 bits per heavy atom. The molecule has 0 aromatic carbocycles. The largest absolute Gasteiger partial charge is 0.425 e. The van der Waals surface area contributed by atoms with Gasteiger partial charge in [0, 0.05) is 43.9 Å². The fourth-order valence-electron chi connectivity index (χ4n) is 4.84. The van der Waals surface area contributed by atoms with Crippen molar-refractivity contribution < 1.29 is 22.8 Å². The third-order valence-corrected chi connectivity index (χ3v) is 6.70. The molecule has 2 aliphatic rings. The number of amides is 1. The lowest BCUT2D eigenvalue weighted by Gasteiger charge is -2.37. The molecule has 2 fully saturated rings. The highest BCUT2D eigenvalue weighted by Crippen LogP contribution is 2.27. The molecule has 2 aromatic heterocycles. The average Bonchev–Trinajstić information content (AvgIpc) is 2.87. The number of likely N-dealkylation sites (tertiary alicyclic amines) is 2. The number of nitrogens with zero attached hydrogens (tertiary/aromatic N) is 5. The van der Waals surface area contributed by atoms with E-state index in [0.717, 1.165) is 38.0 Å². The number of hydrogen-bond acceptors (Lipinski definition) is 7. The van der Waals surface area contributed by atoms with E-state index in [-0.39, 0.29) is 17.7 Å². The van der Waals surface area contributed by atoms with Crippen molar-refractivity contribution >= 4 is 17.4 Å². The van der Waals surface area contributed by atoms with E-state index in [2.05, 4.69) is 24.9 Å². The minimum atomic E-state index is -4.46. The summed E-state index contributed by atoms with van der Waals surface area (Å²) in [6.07, 6.45) is 1.60. The van der Waals surface area contributed by atoms with Crippen LogP contribution in [0, 0.1) is 11.8 Å². The molecule has 4 rings (SSSR count). The van der Waals surface area contributed by atoms with Crippen LogP contribution in [0.3, 0.4) is 0 Å². The summed E-state index contributed by atoms with van der Waals surface area (Å²) >= 11 is 0. The fraction of sp³-hybridized carbons (Fsp3) is 0.520. The normalized spacial score (nSPS) is 18.9. The van der Waals surface area contributed by atoms with Crippen molar-refractivity contribution in [1.29, 1.82) is 0 Å². The first kappa shape index (κ1) is 25.9. The first-order chi connectivity index (χ1) is 17.3. The van der Waals surface area contributed by atoms with Gasteiger partial charge in [-0.25, -0.2) is 4.98 Å². The molecule has 2 saturated heterocycles. The topological polar surface area (TPSA) is 96.9 Å². The molecular weight excluding hydrogens is 473 g/mol. The molecule has 36 heavy (non-hydrogen) atoms. The number of anilines is 1. The molecule has 0 saturated carbocycles. The Balaban J connectivity index is 1.29. The molecule has 0 spiro atoms. The predicted molar refractivity (Wildman–Crippen MR) is 129 cm³/mol. The Morgan fingerprint density at radius 2 is 1.75 bits per heavy atom. The molecule has 1 amide bonds. The second-order valence-corrected chi connectivity index (χ2v) is 9.32. The Hall–Kier alpha value is -3.21. The van der Waals surface area contributed by atoms with Crippen molar-refractivity contribution in [3.05, 3.63) is 54.0 Å². The smallest absolute Gasteiger partial charge is 0.386 e. The predicted octanol–water partition coefficient (Wildman–Crippen LogP) is 3.49. The van der Waals surface area contributed by atoms with E-state index in [0.29, 0.717) is 43.2 Å². The van der Waals surface area contributed by atoms with E-state index in [1.165, 1.54) is 0 Å². The summed E-state index contributed by atoms with van der Waals surface area (Å²) in [5, 5.41) is 3.82. The number of rotatable bonds is 7. The van der Waals surface area contributed by atoms with E-state index < -0.39 is 12.8 Å². The SMILES string of the molecule is Nc1cc(CN2CCC(C(=O)N3CCC(C(=NOCC(F)(F)F)c4ccccn4)CC3)CC2)ccn1. The molecule has 0 radical (unpaired) electrons. The summed E-state index contributed by atoms with van der Waals surface area (Å²) < 4.78 is 37.7. The van der Waals surface area contributed by atoms with Gasteiger partial charge in [-0.3, -0.25) is 14.7 Å².